The summed E-state index contributed by atoms with van der Waals surface area (Å²) in [7, 11) is 0. The maximum Gasteiger partial charge on any atom is 0.0948 e. The van der Waals surface area contributed by atoms with Gasteiger partial charge in [-0.15, -0.1) is 0 Å². The third-order valence-electron chi connectivity index (χ3n) is 5.51. The number of hydrogen-bond donors (Lipinski definition) is 1. The highest BCUT2D eigenvalue weighted by Gasteiger charge is 2.42. The molecule has 1 fully saturated rings. The van der Waals surface area contributed by atoms with Crippen LogP contribution in [0.25, 0.3) is 0 Å². The highest BCUT2D eigenvalue weighted by atomic mass is 16.3. The number of aliphatic hydroxyl groups excluding tert-OH is 1. The molecule has 1 heterocycles. The van der Waals surface area contributed by atoms with E-state index in [1.54, 1.807) is 0 Å². The standard InChI is InChI=1S/C18H27NO/c1-4-14-10-9-13(3)19(14)17-11-12(2)15-7-5-6-8-16(15)18(17)20/h5-8,12-14,17-18,20H,4,9-11H2,1-3H3. The second kappa shape index (κ2) is 5.50. The summed E-state index contributed by atoms with van der Waals surface area (Å²) in [6, 6.07) is 10.0. The molecule has 2 heteroatoms. The molecule has 0 bridgehead atoms. The van der Waals surface area contributed by atoms with Gasteiger partial charge in [-0.25, -0.2) is 0 Å². The molecule has 1 aromatic carbocycles. The molecule has 1 aliphatic carbocycles. The topological polar surface area (TPSA) is 23.5 Å². The Balaban J connectivity index is 1.92. The van der Waals surface area contributed by atoms with Crippen LogP contribution in [-0.2, 0) is 0 Å². The van der Waals surface area contributed by atoms with Gasteiger partial charge in [0, 0.05) is 18.1 Å². The lowest BCUT2D eigenvalue weighted by Gasteiger charge is -2.43. The van der Waals surface area contributed by atoms with Gasteiger partial charge in [-0.2, -0.15) is 0 Å². The lowest BCUT2D eigenvalue weighted by molar-refractivity contribution is 0.00601. The molecule has 0 radical (unpaired) electrons. The quantitative estimate of drug-likeness (QED) is 0.884. The van der Waals surface area contributed by atoms with Gasteiger partial charge in [-0.05, 0) is 49.7 Å². The molecule has 2 aliphatic rings. The molecule has 0 aromatic heterocycles. The SMILES string of the molecule is CCC1CCC(C)N1C1CC(C)c2ccccc2C1O. The molecule has 5 unspecified atom stereocenters. The minimum Gasteiger partial charge on any atom is -0.387 e. The van der Waals surface area contributed by atoms with Crippen molar-refractivity contribution in [1.82, 2.24) is 4.90 Å². The third kappa shape index (κ3) is 2.19. The van der Waals surface area contributed by atoms with Gasteiger partial charge >= 0.3 is 0 Å². The van der Waals surface area contributed by atoms with E-state index in [0.29, 0.717) is 24.0 Å². The predicted molar refractivity (Wildman–Crippen MR) is 82.8 cm³/mol. The largest absolute Gasteiger partial charge is 0.387 e. The maximum absolute atomic E-state index is 10.9. The van der Waals surface area contributed by atoms with E-state index in [0.717, 1.165) is 12.0 Å². The fraction of sp³-hybridized carbons (Fsp3) is 0.667. The van der Waals surface area contributed by atoms with Gasteiger partial charge in [0.2, 0.25) is 0 Å². The molecular weight excluding hydrogens is 246 g/mol. The Hall–Kier alpha value is -0.860. The van der Waals surface area contributed by atoms with Gasteiger partial charge < -0.3 is 5.11 Å². The number of aliphatic hydroxyl groups is 1. The highest BCUT2D eigenvalue weighted by molar-refractivity contribution is 5.35. The summed E-state index contributed by atoms with van der Waals surface area (Å²) in [5.41, 5.74) is 2.50. The number of nitrogens with zero attached hydrogens (tertiary/aromatic N) is 1. The molecule has 1 saturated heterocycles. The zero-order valence-electron chi connectivity index (χ0n) is 12.9. The summed E-state index contributed by atoms with van der Waals surface area (Å²) in [5, 5.41) is 10.9. The minimum atomic E-state index is -0.322. The summed E-state index contributed by atoms with van der Waals surface area (Å²) >= 11 is 0. The van der Waals surface area contributed by atoms with Crippen LogP contribution < -0.4 is 0 Å². The predicted octanol–water partition coefficient (Wildman–Crippen LogP) is 3.86. The molecule has 110 valence electrons. The highest BCUT2D eigenvalue weighted by Crippen LogP contribution is 2.43. The van der Waals surface area contributed by atoms with Gasteiger partial charge in [-0.1, -0.05) is 38.1 Å². The van der Waals surface area contributed by atoms with E-state index in [2.05, 4.69) is 49.9 Å². The number of likely N-dealkylation sites (tertiary alicyclic amines) is 1. The minimum absolute atomic E-state index is 0.294. The van der Waals surface area contributed by atoms with E-state index >= 15 is 0 Å². The molecule has 1 aromatic rings. The van der Waals surface area contributed by atoms with Crippen molar-refractivity contribution < 1.29 is 5.11 Å². The van der Waals surface area contributed by atoms with Crippen LogP contribution in [-0.4, -0.2) is 28.1 Å². The zero-order valence-corrected chi connectivity index (χ0v) is 12.9. The molecule has 0 spiro atoms. The molecule has 5 atom stereocenters. The van der Waals surface area contributed by atoms with Crippen molar-refractivity contribution in [3.63, 3.8) is 0 Å². The number of hydrogen-bond acceptors (Lipinski definition) is 2. The van der Waals surface area contributed by atoms with Crippen molar-refractivity contribution in [2.75, 3.05) is 0 Å². The van der Waals surface area contributed by atoms with Crippen LogP contribution in [0.2, 0.25) is 0 Å². The molecule has 0 saturated carbocycles. The van der Waals surface area contributed by atoms with Crippen LogP contribution in [0.3, 0.4) is 0 Å². The van der Waals surface area contributed by atoms with Gasteiger partial charge in [0.05, 0.1) is 6.10 Å². The van der Waals surface area contributed by atoms with Crippen LogP contribution in [0, 0.1) is 0 Å². The third-order valence-corrected chi connectivity index (χ3v) is 5.51. The van der Waals surface area contributed by atoms with Crippen molar-refractivity contribution in [2.45, 2.75) is 76.6 Å². The molecule has 1 N–H and O–H groups in total. The normalized spacial score (nSPS) is 37.9. The first-order valence-electron chi connectivity index (χ1n) is 8.17. The fourth-order valence-corrected chi connectivity index (χ4v) is 4.44. The Morgan fingerprint density at radius 2 is 1.85 bits per heavy atom. The smallest absolute Gasteiger partial charge is 0.0948 e. The van der Waals surface area contributed by atoms with E-state index < -0.39 is 0 Å². The number of rotatable bonds is 2. The Kier molecular flexibility index (Phi) is 3.87. The van der Waals surface area contributed by atoms with E-state index in [1.165, 1.54) is 24.8 Å². The van der Waals surface area contributed by atoms with E-state index in [1.807, 2.05) is 0 Å². The average molecular weight is 273 g/mol. The monoisotopic (exact) mass is 273 g/mol. The Morgan fingerprint density at radius 3 is 2.55 bits per heavy atom. The lowest BCUT2D eigenvalue weighted by atomic mass is 9.78. The van der Waals surface area contributed by atoms with Gasteiger partial charge in [-0.3, -0.25) is 4.90 Å². The fourth-order valence-electron chi connectivity index (χ4n) is 4.44. The first kappa shape index (κ1) is 14.1. The summed E-state index contributed by atoms with van der Waals surface area (Å²) in [5.74, 6) is 0.546. The van der Waals surface area contributed by atoms with Gasteiger partial charge in [0.1, 0.15) is 0 Å². The number of benzene rings is 1. The summed E-state index contributed by atoms with van der Waals surface area (Å²) in [4.78, 5) is 2.62. The first-order valence-corrected chi connectivity index (χ1v) is 8.17. The Labute approximate surface area is 122 Å². The van der Waals surface area contributed by atoms with Crippen LogP contribution in [0.1, 0.15) is 69.6 Å². The molecule has 20 heavy (non-hydrogen) atoms. The van der Waals surface area contributed by atoms with E-state index in [-0.39, 0.29) is 6.10 Å². The van der Waals surface area contributed by atoms with Crippen LogP contribution >= 0.6 is 0 Å². The summed E-state index contributed by atoms with van der Waals surface area (Å²) < 4.78 is 0. The summed E-state index contributed by atoms with van der Waals surface area (Å²) in [6.07, 6.45) is 4.52. The van der Waals surface area contributed by atoms with Gasteiger partial charge in [0.25, 0.3) is 0 Å². The maximum atomic E-state index is 10.9. The van der Waals surface area contributed by atoms with Crippen LogP contribution in [0.15, 0.2) is 24.3 Å². The molecular formula is C18H27NO. The first-order chi connectivity index (χ1) is 9.63. The van der Waals surface area contributed by atoms with Crippen molar-refractivity contribution in [1.29, 1.82) is 0 Å². The Bertz CT molecular complexity index is 472. The molecule has 2 nitrogen and oxygen atoms in total. The molecule has 0 amide bonds. The number of fused-ring (bicyclic) bond motifs is 1. The van der Waals surface area contributed by atoms with E-state index in [9.17, 15) is 5.11 Å². The van der Waals surface area contributed by atoms with E-state index in [4.69, 9.17) is 0 Å². The van der Waals surface area contributed by atoms with Crippen molar-refractivity contribution in [3.05, 3.63) is 35.4 Å². The second-order valence-corrected chi connectivity index (χ2v) is 6.71. The van der Waals surface area contributed by atoms with Crippen molar-refractivity contribution in [3.8, 4) is 0 Å². The van der Waals surface area contributed by atoms with Gasteiger partial charge in [0.15, 0.2) is 0 Å². The summed E-state index contributed by atoms with van der Waals surface area (Å²) in [6.45, 7) is 6.91. The molecule has 1 aliphatic heterocycles. The zero-order chi connectivity index (χ0) is 14.3. The Morgan fingerprint density at radius 1 is 1.15 bits per heavy atom. The lowest BCUT2D eigenvalue weighted by Crippen LogP contribution is -2.48. The van der Waals surface area contributed by atoms with Crippen LogP contribution in [0.4, 0.5) is 0 Å². The molecule has 3 rings (SSSR count). The van der Waals surface area contributed by atoms with Crippen molar-refractivity contribution in [2.24, 2.45) is 0 Å². The second-order valence-electron chi connectivity index (χ2n) is 6.71. The average Bonchev–Trinajstić information content (AvgIpc) is 2.84. The van der Waals surface area contributed by atoms with Crippen molar-refractivity contribution >= 4 is 0 Å². The van der Waals surface area contributed by atoms with Crippen LogP contribution in [0.5, 0.6) is 0 Å².